The summed E-state index contributed by atoms with van der Waals surface area (Å²) in [5, 5.41) is 11.4. The number of hydrogen-bond donors (Lipinski definition) is 3. The molecule has 3 N–H and O–H groups in total. The van der Waals surface area contributed by atoms with Gasteiger partial charge in [0.1, 0.15) is 0 Å². The van der Waals surface area contributed by atoms with E-state index in [0.29, 0.717) is 18.0 Å². The van der Waals surface area contributed by atoms with Crippen LogP contribution in [0.1, 0.15) is 33.6 Å². The van der Waals surface area contributed by atoms with E-state index in [1.807, 2.05) is 24.3 Å². The van der Waals surface area contributed by atoms with Crippen molar-refractivity contribution in [2.24, 2.45) is 4.99 Å². The SMILES string of the molecule is CN=C(NCc1ccc(C(=O)NC)cc1)NCC(C)c1cccs1. The van der Waals surface area contributed by atoms with Gasteiger partial charge >= 0.3 is 0 Å². The summed E-state index contributed by atoms with van der Waals surface area (Å²) in [4.78, 5) is 17.1. The van der Waals surface area contributed by atoms with Crippen LogP contribution in [0.3, 0.4) is 0 Å². The van der Waals surface area contributed by atoms with Crippen LogP contribution in [-0.4, -0.2) is 32.5 Å². The fourth-order valence-electron chi connectivity index (χ4n) is 2.25. The second kappa shape index (κ2) is 9.08. The lowest BCUT2D eigenvalue weighted by Crippen LogP contribution is -2.38. The third-order valence-corrected chi connectivity index (χ3v) is 4.84. The van der Waals surface area contributed by atoms with E-state index in [1.165, 1.54) is 4.88 Å². The van der Waals surface area contributed by atoms with Crippen LogP contribution in [-0.2, 0) is 6.54 Å². The maximum atomic E-state index is 11.5. The zero-order chi connectivity index (χ0) is 17.4. The first-order chi connectivity index (χ1) is 11.6. The molecule has 0 radical (unpaired) electrons. The molecule has 1 aromatic carbocycles. The molecule has 2 aromatic rings. The van der Waals surface area contributed by atoms with Crippen molar-refractivity contribution in [3.8, 4) is 0 Å². The van der Waals surface area contributed by atoms with Crippen LogP contribution in [0, 0.1) is 0 Å². The topological polar surface area (TPSA) is 65.5 Å². The number of nitrogens with zero attached hydrogens (tertiary/aromatic N) is 1. The molecule has 0 saturated carbocycles. The number of guanidine groups is 1. The summed E-state index contributed by atoms with van der Waals surface area (Å²) in [6.45, 7) is 3.68. The van der Waals surface area contributed by atoms with Gasteiger partial charge in [-0.1, -0.05) is 25.1 Å². The summed E-state index contributed by atoms with van der Waals surface area (Å²) < 4.78 is 0. The van der Waals surface area contributed by atoms with E-state index >= 15 is 0 Å². The number of thiophene rings is 1. The Morgan fingerprint density at radius 3 is 2.54 bits per heavy atom. The fourth-order valence-corrected chi connectivity index (χ4v) is 3.03. The highest BCUT2D eigenvalue weighted by atomic mass is 32.1. The lowest BCUT2D eigenvalue weighted by Gasteiger charge is -2.15. The Labute approximate surface area is 147 Å². The van der Waals surface area contributed by atoms with Crippen molar-refractivity contribution in [2.75, 3.05) is 20.6 Å². The van der Waals surface area contributed by atoms with Crippen molar-refractivity contribution in [3.63, 3.8) is 0 Å². The van der Waals surface area contributed by atoms with Gasteiger partial charge in [0.15, 0.2) is 5.96 Å². The van der Waals surface area contributed by atoms with Gasteiger partial charge in [-0.15, -0.1) is 11.3 Å². The molecule has 5 nitrogen and oxygen atoms in total. The largest absolute Gasteiger partial charge is 0.356 e. The standard InChI is InChI=1S/C18H24N4OS/c1-13(16-5-4-10-24-16)11-21-18(20-3)22-12-14-6-8-15(9-7-14)17(23)19-2/h4-10,13H,11-12H2,1-3H3,(H,19,23)(H2,20,21,22). The number of carbonyl (C=O) groups excluding carboxylic acids is 1. The Hall–Kier alpha value is -2.34. The summed E-state index contributed by atoms with van der Waals surface area (Å²) in [5.74, 6) is 1.14. The molecule has 0 aliphatic carbocycles. The Morgan fingerprint density at radius 1 is 1.21 bits per heavy atom. The van der Waals surface area contributed by atoms with Gasteiger partial charge in [0.25, 0.3) is 5.91 Å². The Balaban J connectivity index is 1.82. The minimum atomic E-state index is -0.0745. The van der Waals surface area contributed by atoms with Crippen molar-refractivity contribution >= 4 is 23.2 Å². The van der Waals surface area contributed by atoms with Gasteiger partial charge in [-0.3, -0.25) is 9.79 Å². The molecule has 24 heavy (non-hydrogen) atoms. The third-order valence-electron chi connectivity index (χ3n) is 3.73. The average molecular weight is 344 g/mol. The molecule has 128 valence electrons. The second-order valence-corrected chi connectivity index (χ2v) is 6.48. The molecule has 0 aliphatic heterocycles. The van der Waals surface area contributed by atoms with Gasteiger partial charge in [0.2, 0.25) is 0 Å². The van der Waals surface area contributed by atoms with E-state index in [4.69, 9.17) is 0 Å². The second-order valence-electron chi connectivity index (χ2n) is 5.50. The van der Waals surface area contributed by atoms with Gasteiger partial charge in [-0.2, -0.15) is 0 Å². The number of rotatable bonds is 6. The molecule has 0 bridgehead atoms. The summed E-state index contributed by atoms with van der Waals surface area (Å²) in [6, 6.07) is 11.8. The zero-order valence-electron chi connectivity index (χ0n) is 14.3. The fraction of sp³-hybridized carbons (Fsp3) is 0.333. The van der Waals surface area contributed by atoms with Crippen molar-refractivity contribution < 1.29 is 4.79 Å². The van der Waals surface area contributed by atoms with Crippen LogP contribution in [0.5, 0.6) is 0 Å². The highest BCUT2D eigenvalue weighted by Crippen LogP contribution is 2.19. The lowest BCUT2D eigenvalue weighted by molar-refractivity contribution is 0.0963. The Morgan fingerprint density at radius 2 is 1.96 bits per heavy atom. The van der Waals surface area contributed by atoms with Crippen LogP contribution in [0.15, 0.2) is 46.8 Å². The van der Waals surface area contributed by atoms with E-state index in [0.717, 1.165) is 18.1 Å². The molecular formula is C18H24N4OS. The normalized spacial score (nSPS) is 12.5. The van der Waals surface area contributed by atoms with Crippen molar-refractivity contribution in [1.29, 1.82) is 0 Å². The Bertz CT molecular complexity index is 665. The maximum Gasteiger partial charge on any atom is 0.251 e. The molecular weight excluding hydrogens is 320 g/mol. The monoisotopic (exact) mass is 344 g/mol. The molecule has 0 fully saturated rings. The van der Waals surface area contributed by atoms with Gasteiger partial charge in [0, 0.05) is 43.5 Å². The van der Waals surface area contributed by atoms with Crippen LogP contribution < -0.4 is 16.0 Å². The van der Waals surface area contributed by atoms with E-state index in [1.54, 1.807) is 25.4 Å². The van der Waals surface area contributed by atoms with Gasteiger partial charge < -0.3 is 16.0 Å². The number of benzene rings is 1. The van der Waals surface area contributed by atoms with E-state index in [9.17, 15) is 4.79 Å². The number of aliphatic imine (C=N–C) groups is 1. The summed E-state index contributed by atoms with van der Waals surface area (Å²) in [6.07, 6.45) is 0. The van der Waals surface area contributed by atoms with Crippen molar-refractivity contribution in [1.82, 2.24) is 16.0 Å². The third kappa shape index (κ3) is 5.09. The number of amides is 1. The molecule has 1 heterocycles. The van der Waals surface area contributed by atoms with Crippen molar-refractivity contribution in [2.45, 2.75) is 19.4 Å². The highest BCUT2D eigenvalue weighted by molar-refractivity contribution is 7.10. The van der Waals surface area contributed by atoms with E-state index < -0.39 is 0 Å². The summed E-state index contributed by atoms with van der Waals surface area (Å²) in [5.41, 5.74) is 1.76. The smallest absolute Gasteiger partial charge is 0.251 e. The number of hydrogen-bond acceptors (Lipinski definition) is 3. The summed E-state index contributed by atoms with van der Waals surface area (Å²) in [7, 11) is 3.39. The minimum absolute atomic E-state index is 0.0745. The molecule has 1 atom stereocenters. The number of nitrogens with one attached hydrogen (secondary N) is 3. The highest BCUT2D eigenvalue weighted by Gasteiger charge is 2.07. The molecule has 1 aromatic heterocycles. The van der Waals surface area contributed by atoms with Gasteiger partial charge in [-0.05, 0) is 29.1 Å². The zero-order valence-corrected chi connectivity index (χ0v) is 15.1. The van der Waals surface area contributed by atoms with Crippen molar-refractivity contribution in [3.05, 3.63) is 57.8 Å². The first kappa shape index (κ1) is 18.0. The first-order valence-corrected chi connectivity index (χ1v) is 8.81. The lowest BCUT2D eigenvalue weighted by atomic mass is 10.1. The van der Waals surface area contributed by atoms with Gasteiger partial charge in [0.05, 0.1) is 0 Å². The molecule has 1 amide bonds. The minimum Gasteiger partial charge on any atom is -0.356 e. The van der Waals surface area contributed by atoms with E-state index in [2.05, 4.69) is 45.4 Å². The quantitative estimate of drug-likeness (QED) is 0.557. The maximum absolute atomic E-state index is 11.5. The molecule has 0 aliphatic rings. The molecule has 0 spiro atoms. The van der Waals surface area contributed by atoms with Crippen LogP contribution in [0.25, 0.3) is 0 Å². The average Bonchev–Trinajstić information content (AvgIpc) is 3.16. The molecule has 2 rings (SSSR count). The van der Waals surface area contributed by atoms with E-state index in [-0.39, 0.29) is 5.91 Å². The van der Waals surface area contributed by atoms with Crippen LogP contribution >= 0.6 is 11.3 Å². The summed E-state index contributed by atoms with van der Waals surface area (Å²) >= 11 is 1.77. The van der Waals surface area contributed by atoms with Gasteiger partial charge in [-0.25, -0.2) is 0 Å². The predicted molar refractivity (Wildman–Crippen MR) is 101 cm³/mol. The Kier molecular flexibility index (Phi) is 6.81. The number of carbonyl (C=O) groups is 1. The van der Waals surface area contributed by atoms with Crippen LogP contribution in [0.2, 0.25) is 0 Å². The molecule has 1 unspecified atom stereocenters. The predicted octanol–water partition coefficient (Wildman–Crippen LogP) is 2.58. The molecule has 6 heteroatoms. The molecule has 0 saturated heterocycles. The van der Waals surface area contributed by atoms with Crippen LogP contribution in [0.4, 0.5) is 0 Å². The first-order valence-electron chi connectivity index (χ1n) is 7.93.